The largest absolute Gasteiger partial charge is 0.324 e. The maximum Gasteiger partial charge on any atom is 0.278 e. The van der Waals surface area contributed by atoms with Gasteiger partial charge in [-0.15, -0.1) is 0 Å². The summed E-state index contributed by atoms with van der Waals surface area (Å²) in [6, 6.07) is 14.2. The molecular formula is C23H22FN5O2. The van der Waals surface area contributed by atoms with E-state index in [1.165, 1.54) is 28.9 Å². The standard InChI is InChI=1S/C23H22FN5O2/c1-4-19(22(30)25-17-12-10-16(24)11-13-17)29-23(31)20-15(3)28(18-8-6-5-7-9-18)27-21(20)14(2)26-29/h5-13,19H,4H2,1-3H3,(H,25,30). The summed E-state index contributed by atoms with van der Waals surface area (Å²) < 4.78 is 16.1. The van der Waals surface area contributed by atoms with E-state index in [9.17, 15) is 14.0 Å². The molecule has 158 valence electrons. The number of nitrogens with zero attached hydrogens (tertiary/aromatic N) is 4. The van der Waals surface area contributed by atoms with Crippen molar-refractivity contribution in [2.75, 3.05) is 5.32 Å². The number of aromatic nitrogens is 4. The van der Waals surface area contributed by atoms with E-state index in [1.807, 2.05) is 44.2 Å². The highest BCUT2D eigenvalue weighted by atomic mass is 19.1. The van der Waals surface area contributed by atoms with Gasteiger partial charge >= 0.3 is 0 Å². The van der Waals surface area contributed by atoms with Crippen LogP contribution in [0.2, 0.25) is 0 Å². The molecule has 2 aromatic carbocycles. The molecule has 4 aromatic rings. The van der Waals surface area contributed by atoms with Crippen molar-refractivity contribution >= 4 is 22.5 Å². The van der Waals surface area contributed by atoms with Crippen LogP contribution in [0, 0.1) is 19.7 Å². The van der Waals surface area contributed by atoms with E-state index in [-0.39, 0.29) is 5.56 Å². The highest BCUT2D eigenvalue weighted by Crippen LogP contribution is 2.22. The number of fused-ring (bicyclic) bond motifs is 1. The summed E-state index contributed by atoms with van der Waals surface area (Å²) in [6.45, 7) is 5.40. The lowest BCUT2D eigenvalue weighted by Crippen LogP contribution is -2.35. The first-order chi connectivity index (χ1) is 14.9. The SMILES string of the molecule is CCC(C(=O)Nc1ccc(F)cc1)n1nc(C)c2nn(-c3ccccc3)c(C)c2c1=O. The third-order valence-electron chi connectivity index (χ3n) is 5.24. The number of para-hydroxylation sites is 1. The molecule has 0 spiro atoms. The van der Waals surface area contributed by atoms with Gasteiger partial charge in [0.1, 0.15) is 17.4 Å². The second-order valence-corrected chi connectivity index (χ2v) is 7.31. The van der Waals surface area contributed by atoms with Crippen molar-refractivity contribution in [2.24, 2.45) is 0 Å². The van der Waals surface area contributed by atoms with Crippen LogP contribution in [0.3, 0.4) is 0 Å². The van der Waals surface area contributed by atoms with Gasteiger partial charge in [-0.1, -0.05) is 25.1 Å². The van der Waals surface area contributed by atoms with Crippen molar-refractivity contribution in [3.05, 3.63) is 82.2 Å². The Morgan fingerprint density at radius 3 is 2.39 bits per heavy atom. The molecule has 31 heavy (non-hydrogen) atoms. The van der Waals surface area contributed by atoms with Crippen molar-refractivity contribution in [1.82, 2.24) is 19.6 Å². The summed E-state index contributed by atoms with van der Waals surface area (Å²) >= 11 is 0. The summed E-state index contributed by atoms with van der Waals surface area (Å²) in [5, 5.41) is 12.2. The van der Waals surface area contributed by atoms with Crippen molar-refractivity contribution in [2.45, 2.75) is 33.2 Å². The Labute approximate surface area is 178 Å². The smallest absolute Gasteiger partial charge is 0.278 e. The lowest BCUT2D eigenvalue weighted by Gasteiger charge is -2.17. The van der Waals surface area contributed by atoms with Crippen molar-refractivity contribution in [3.63, 3.8) is 0 Å². The Balaban J connectivity index is 1.78. The number of rotatable bonds is 5. The fourth-order valence-corrected chi connectivity index (χ4v) is 3.64. The predicted molar refractivity (Wildman–Crippen MR) is 117 cm³/mol. The first-order valence-corrected chi connectivity index (χ1v) is 10.0. The zero-order valence-electron chi connectivity index (χ0n) is 17.5. The molecule has 1 N–H and O–H groups in total. The summed E-state index contributed by atoms with van der Waals surface area (Å²) in [5.41, 5.74) is 2.66. The molecule has 0 saturated heterocycles. The predicted octanol–water partition coefficient (Wildman–Crippen LogP) is 3.93. The molecule has 0 aliphatic rings. The molecule has 0 radical (unpaired) electrons. The van der Waals surface area contributed by atoms with Crippen LogP contribution in [0.1, 0.15) is 30.8 Å². The Morgan fingerprint density at radius 1 is 1.06 bits per heavy atom. The third-order valence-corrected chi connectivity index (χ3v) is 5.24. The molecule has 0 saturated carbocycles. The van der Waals surface area contributed by atoms with E-state index in [0.29, 0.717) is 34.4 Å². The van der Waals surface area contributed by atoms with E-state index in [0.717, 1.165) is 5.69 Å². The molecule has 1 amide bonds. The van der Waals surface area contributed by atoms with Gasteiger partial charge in [0.2, 0.25) is 5.91 Å². The molecule has 4 rings (SSSR count). The average molecular weight is 419 g/mol. The van der Waals surface area contributed by atoms with Gasteiger partial charge in [0.15, 0.2) is 0 Å². The van der Waals surface area contributed by atoms with Crippen molar-refractivity contribution in [1.29, 1.82) is 0 Å². The normalized spacial score (nSPS) is 12.1. The Morgan fingerprint density at radius 2 is 1.74 bits per heavy atom. The number of halogens is 1. The molecule has 0 aliphatic heterocycles. The molecule has 0 fully saturated rings. The minimum absolute atomic E-state index is 0.358. The Kier molecular flexibility index (Phi) is 5.37. The van der Waals surface area contributed by atoms with Gasteiger partial charge in [0, 0.05) is 5.69 Å². The van der Waals surface area contributed by atoms with Crippen LogP contribution in [-0.4, -0.2) is 25.5 Å². The third kappa shape index (κ3) is 3.72. The van der Waals surface area contributed by atoms with Crippen LogP contribution in [0.4, 0.5) is 10.1 Å². The zero-order chi connectivity index (χ0) is 22.1. The number of hydrogen-bond donors (Lipinski definition) is 1. The number of anilines is 1. The quantitative estimate of drug-likeness (QED) is 0.531. The van der Waals surface area contributed by atoms with Crippen LogP contribution in [-0.2, 0) is 4.79 Å². The fourth-order valence-electron chi connectivity index (χ4n) is 3.64. The second kappa shape index (κ2) is 8.14. The summed E-state index contributed by atoms with van der Waals surface area (Å²) in [7, 11) is 0. The van der Waals surface area contributed by atoms with Crippen LogP contribution in [0.5, 0.6) is 0 Å². The van der Waals surface area contributed by atoms with Crippen LogP contribution in [0.15, 0.2) is 59.4 Å². The van der Waals surface area contributed by atoms with Gasteiger partial charge in [0.25, 0.3) is 5.56 Å². The Hall–Kier alpha value is -3.81. The zero-order valence-corrected chi connectivity index (χ0v) is 17.5. The number of carbonyl (C=O) groups excluding carboxylic acids is 1. The minimum Gasteiger partial charge on any atom is -0.324 e. The van der Waals surface area contributed by atoms with Crippen molar-refractivity contribution < 1.29 is 9.18 Å². The number of carbonyl (C=O) groups is 1. The molecule has 7 nitrogen and oxygen atoms in total. The molecule has 2 heterocycles. The summed E-state index contributed by atoms with van der Waals surface area (Å²) in [4.78, 5) is 26.3. The first kappa shape index (κ1) is 20.5. The van der Waals surface area contributed by atoms with Gasteiger partial charge in [-0.2, -0.15) is 10.2 Å². The van der Waals surface area contributed by atoms with Crippen LogP contribution >= 0.6 is 0 Å². The number of benzene rings is 2. The van der Waals surface area contributed by atoms with Gasteiger partial charge in [0.05, 0.1) is 22.5 Å². The molecule has 0 aliphatic carbocycles. The highest BCUT2D eigenvalue weighted by Gasteiger charge is 2.25. The van der Waals surface area contributed by atoms with E-state index < -0.39 is 17.8 Å². The minimum atomic E-state index is -0.819. The molecule has 2 aromatic heterocycles. The molecule has 1 unspecified atom stereocenters. The molecule has 8 heteroatoms. The summed E-state index contributed by atoms with van der Waals surface area (Å²) in [6.07, 6.45) is 0.358. The van der Waals surface area contributed by atoms with E-state index in [1.54, 1.807) is 11.6 Å². The highest BCUT2D eigenvalue weighted by molar-refractivity contribution is 5.94. The fraction of sp³-hybridized carbons (Fsp3) is 0.217. The summed E-state index contributed by atoms with van der Waals surface area (Å²) in [5.74, 6) is -0.787. The maximum absolute atomic E-state index is 13.4. The van der Waals surface area contributed by atoms with Crippen molar-refractivity contribution in [3.8, 4) is 5.69 Å². The number of aryl methyl sites for hydroxylation is 2. The van der Waals surface area contributed by atoms with E-state index in [2.05, 4.69) is 15.5 Å². The lowest BCUT2D eigenvalue weighted by atomic mass is 10.2. The average Bonchev–Trinajstić information content (AvgIpc) is 3.12. The van der Waals surface area contributed by atoms with Crippen LogP contribution in [0.25, 0.3) is 16.6 Å². The lowest BCUT2D eigenvalue weighted by molar-refractivity contribution is -0.119. The second-order valence-electron chi connectivity index (χ2n) is 7.31. The van der Waals surface area contributed by atoms with Gasteiger partial charge in [-0.25, -0.2) is 13.8 Å². The van der Waals surface area contributed by atoms with Crippen LogP contribution < -0.4 is 10.9 Å². The molecule has 0 bridgehead atoms. The van der Waals surface area contributed by atoms with Gasteiger partial charge in [-0.3, -0.25) is 9.59 Å². The Bertz CT molecular complexity index is 1310. The first-order valence-electron chi connectivity index (χ1n) is 10.0. The molecule has 1 atom stereocenters. The maximum atomic E-state index is 13.4. The molecular weight excluding hydrogens is 397 g/mol. The van der Waals surface area contributed by atoms with Gasteiger partial charge in [-0.05, 0) is 56.7 Å². The van der Waals surface area contributed by atoms with E-state index >= 15 is 0 Å². The number of hydrogen-bond acceptors (Lipinski definition) is 4. The van der Waals surface area contributed by atoms with Gasteiger partial charge < -0.3 is 5.32 Å². The monoisotopic (exact) mass is 419 g/mol. The van der Waals surface area contributed by atoms with E-state index in [4.69, 9.17) is 0 Å². The number of amides is 1. The topological polar surface area (TPSA) is 81.8 Å². The number of nitrogens with one attached hydrogen (secondary N) is 1.